The van der Waals surface area contributed by atoms with Crippen LogP contribution in [0.1, 0.15) is 26.5 Å². The smallest absolute Gasteiger partial charge is 0.407 e. The highest BCUT2D eigenvalue weighted by molar-refractivity contribution is 5.67. The lowest BCUT2D eigenvalue weighted by Gasteiger charge is -2.19. The molecule has 3 N–H and O–H groups in total. The zero-order chi connectivity index (χ0) is 12.2. The zero-order valence-electron chi connectivity index (χ0n) is 9.65. The number of aromatic nitrogens is 2. The van der Waals surface area contributed by atoms with Crippen LogP contribution in [0.5, 0.6) is 0 Å². The van der Waals surface area contributed by atoms with Gasteiger partial charge in [-0.2, -0.15) is 5.10 Å². The first-order chi connectivity index (χ1) is 7.37. The second-order valence-electron chi connectivity index (χ2n) is 4.30. The van der Waals surface area contributed by atoms with Gasteiger partial charge < -0.3 is 15.8 Å². The molecule has 1 heterocycles. The number of nitrogens with one attached hydrogen (secondary N) is 1. The Hall–Kier alpha value is -1.85. The van der Waals surface area contributed by atoms with Gasteiger partial charge in [0.05, 0.1) is 12.2 Å². The molecule has 1 amide bonds. The SMILES string of the molecule is CC(C)(C)OC(=O)NCc1ccc(N)nn1. The lowest BCUT2D eigenvalue weighted by molar-refractivity contribution is 0.0523. The van der Waals surface area contributed by atoms with Crippen molar-refractivity contribution in [2.45, 2.75) is 32.9 Å². The van der Waals surface area contributed by atoms with Crippen LogP contribution in [0.25, 0.3) is 0 Å². The number of nitrogen functional groups attached to an aromatic ring is 1. The molecule has 88 valence electrons. The standard InChI is InChI=1S/C10H16N4O2/c1-10(2,3)16-9(15)12-6-7-4-5-8(11)14-13-7/h4-5H,6H2,1-3H3,(H2,11,14)(H,12,15). The van der Waals surface area contributed by atoms with Crippen molar-refractivity contribution < 1.29 is 9.53 Å². The Labute approximate surface area is 94.2 Å². The summed E-state index contributed by atoms with van der Waals surface area (Å²) in [5, 5.41) is 10.0. The molecule has 0 atom stereocenters. The van der Waals surface area contributed by atoms with Crippen LogP contribution in [0.2, 0.25) is 0 Å². The van der Waals surface area contributed by atoms with E-state index in [0.29, 0.717) is 11.5 Å². The largest absolute Gasteiger partial charge is 0.444 e. The Morgan fingerprint density at radius 1 is 1.44 bits per heavy atom. The van der Waals surface area contributed by atoms with Crippen molar-refractivity contribution in [2.75, 3.05) is 5.73 Å². The molecule has 16 heavy (non-hydrogen) atoms. The van der Waals surface area contributed by atoms with E-state index in [9.17, 15) is 4.79 Å². The first-order valence-electron chi connectivity index (χ1n) is 4.92. The highest BCUT2D eigenvalue weighted by Crippen LogP contribution is 2.06. The summed E-state index contributed by atoms with van der Waals surface area (Å²) in [6.45, 7) is 5.67. The minimum Gasteiger partial charge on any atom is -0.444 e. The molecule has 0 saturated carbocycles. The van der Waals surface area contributed by atoms with Gasteiger partial charge in [-0.3, -0.25) is 0 Å². The summed E-state index contributed by atoms with van der Waals surface area (Å²) in [5.41, 5.74) is 5.50. The van der Waals surface area contributed by atoms with Crippen molar-refractivity contribution in [3.05, 3.63) is 17.8 Å². The molecule has 6 nitrogen and oxygen atoms in total. The molecule has 0 aliphatic heterocycles. The fourth-order valence-electron chi connectivity index (χ4n) is 0.941. The molecular formula is C10H16N4O2. The Morgan fingerprint density at radius 3 is 2.62 bits per heavy atom. The van der Waals surface area contributed by atoms with Crippen LogP contribution >= 0.6 is 0 Å². The monoisotopic (exact) mass is 224 g/mol. The molecule has 0 spiro atoms. The van der Waals surface area contributed by atoms with Crippen molar-refractivity contribution in [3.8, 4) is 0 Å². The number of carbonyl (C=O) groups is 1. The first kappa shape index (κ1) is 12.2. The molecule has 0 aliphatic rings. The van der Waals surface area contributed by atoms with Gasteiger partial charge in [-0.1, -0.05) is 0 Å². The molecule has 0 radical (unpaired) electrons. The lowest BCUT2D eigenvalue weighted by Crippen LogP contribution is -2.32. The molecule has 1 rings (SSSR count). The number of anilines is 1. The molecule has 6 heteroatoms. The van der Waals surface area contributed by atoms with Gasteiger partial charge in [0.2, 0.25) is 0 Å². The van der Waals surface area contributed by atoms with Crippen LogP contribution in [0.15, 0.2) is 12.1 Å². The second kappa shape index (κ2) is 4.78. The van der Waals surface area contributed by atoms with Crippen LogP contribution in [-0.4, -0.2) is 21.9 Å². The zero-order valence-corrected chi connectivity index (χ0v) is 9.65. The maximum absolute atomic E-state index is 11.3. The number of amides is 1. The van der Waals surface area contributed by atoms with Gasteiger partial charge in [-0.05, 0) is 32.9 Å². The number of nitrogens with zero attached hydrogens (tertiary/aromatic N) is 2. The maximum atomic E-state index is 11.3. The van der Waals surface area contributed by atoms with Gasteiger partial charge in [-0.15, -0.1) is 5.10 Å². The predicted molar refractivity (Wildman–Crippen MR) is 59.5 cm³/mol. The molecule has 0 saturated heterocycles. The van der Waals surface area contributed by atoms with E-state index in [1.807, 2.05) is 0 Å². The van der Waals surface area contributed by atoms with Gasteiger partial charge in [0.15, 0.2) is 0 Å². The fourth-order valence-corrected chi connectivity index (χ4v) is 0.941. The van der Waals surface area contributed by atoms with Crippen molar-refractivity contribution in [1.82, 2.24) is 15.5 Å². The minimum atomic E-state index is -0.503. The van der Waals surface area contributed by atoms with Gasteiger partial charge in [0, 0.05) is 0 Å². The third-order valence-electron chi connectivity index (χ3n) is 1.55. The summed E-state index contributed by atoms with van der Waals surface area (Å²) in [6, 6.07) is 3.32. The molecule has 1 aromatic heterocycles. The topological polar surface area (TPSA) is 90.1 Å². The molecular weight excluding hydrogens is 208 g/mol. The van der Waals surface area contributed by atoms with E-state index in [-0.39, 0.29) is 6.54 Å². The molecule has 0 bridgehead atoms. The van der Waals surface area contributed by atoms with E-state index in [1.54, 1.807) is 32.9 Å². The van der Waals surface area contributed by atoms with Crippen LogP contribution in [0.4, 0.5) is 10.6 Å². The average Bonchev–Trinajstić information content (AvgIpc) is 2.14. The third kappa shape index (κ3) is 4.59. The Balaban J connectivity index is 2.40. The maximum Gasteiger partial charge on any atom is 0.407 e. The molecule has 0 aromatic carbocycles. The normalized spacial score (nSPS) is 10.9. The fraction of sp³-hybridized carbons (Fsp3) is 0.500. The van der Waals surface area contributed by atoms with Crippen LogP contribution in [0, 0.1) is 0 Å². The number of hydrogen-bond donors (Lipinski definition) is 2. The lowest BCUT2D eigenvalue weighted by atomic mass is 10.2. The number of hydrogen-bond acceptors (Lipinski definition) is 5. The molecule has 0 fully saturated rings. The van der Waals surface area contributed by atoms with Gasteiger partial charge in [-0.25, -0.2) is 4.79 Å². The Kier molecular flexibility index (Phi) is 3.65. The summed E-state index contributed by atoms with van der Waals surface area (Å²) in [4.78, 5) is 11.3. The number of ether oxygens (including phenoxy) is 1. The number of alkyl carbamates (subject to hydrolysis) is 1. The van der Waals surface area contributed by atoms with Crippen molar-refractivity contribution in [3.63, 3.8) is 0 Å². The number of rotatable bonds is 2. The van der Waals surface area contributed by atoms with Crippen molar-refractivity contribution in [2.24, 2.45) is 0 Å². The van der Waals surface area contributed by atoms with E-state index in [0.717, 1.165) is 0 Å². The summed E-state index contributed by atoms with van der Waals surface area (Å²) in [6.07, 6.45) is -0.480. The minimum absolute atomic E-state index is 0.266. The summed E-state index contributed by atoms with van der Waals surface area (Å²) < 4.78 is 5.06. The first-order valence-corrected chi connectivity index (χ1v) is 4.92. The van der Waals surface area contributed by atoms with Gasteiger partial charge >= 0.3 is 6.09 Å². The molecule has 0 unspecified atom stereocenters. The number of carbonyl (C=O) groups excluding carboxylic acids is 1. The van der Waals surface area contributed by atoms with Crippen molar-refractivity contribution >= 4 is 11.9 Å². The van der Waals surface area contributed by atoms with E-state index >= 15 is 0 Å². The van der Waals surface area contributed by atoms with E-state index in [1.165, 1.54) is 0 Å². The summed E-state index contributed by atoms with van der Waals surface area (Å²) in [5.74, 6) is 0.348. The Bertz CT molecular complexity index is 356. The van der Waals surface area contributed by atoms with Gasteiger partial charge in [0.25, 0.3) is 0 Å². The summed E-state index contributed by atoms with van der Waals surface area (Å²) >= 11 is 0. The van der Waals surface area contributed by atoms with Crippen LogP contribution in [0.3, 0.4) is 0 Å². The quantitative estimate of drug-likeness (QED) is 0.784. The number of nitrogens with two attached hydrogens (primary N) is 1. The third-order valence-corrected chi connectivity index (χ3v) is 1.55. The predicted octanol–water partition coefficient (Wildman–Crippen LogP) is 1.08. The van der Waals surface area contributed by atoms with Crippen molar-refractivity contribution in [1.29, 1.82) is 0 Å². The Morgan fingerprint density at radius 2 is 2.12 bits per heavy atom. The summed E-state index contributed by atoms with van der Waals surface area (Å²) in [7, 11) is 0. The molecule has 1 aromatic rings. The second-order valence-corrected chi connectivity index (χ2v) is 4.30. The van der Waals surface area contributed by atoms with E-state index in [2.05, 4.69) is 15.5 Å². The van der Waals surface area contributed by atoms with E-state index < -0.39 is 11.7 Å². The molecule has 0 aliphatic carbocycles. The van der Waals surface area contributed by atoms with Gasteiger partial charge in [0.1, 0.15) is 11.4 Å². The van der Waals surface area contributed by atoms with E-state index in [4.69, 9.17) is 10.5 Å². The average molecular weight is 224 g/mol. The van der Waals surface area contributed by atoms with Crippen LogP contribution in [-0.2, 0) is 11.3 Å². The highest BCUT2D eigenvalue weighted by atomic mass is 16.6. The highest BCUT2D eigenvalue weighted by Gasteiger charge is 2.15. The van der Waals surface area contributed by atoms with Crippen LogP contribution < -0.4 is 11.1 Å².